The zero-order valence-corrected chi connectivity index (χ0v) is 18.3. The molecule has 172 valence electrons. The molecule has 0 atom stereocenters. The molecule has 1 aromatic heterocycles. The lowest BCUT2D eigenvalue weighted by atomic mass is 10.2. The highest BCUT2D eigenvalue weighted by Crippen LogP contribution is 2.32. The summed E-state index contributed by atoms with van der Waals surface area (Å²) >= 11 is 0. The number of rotatable bonds is 10. The molecule has 1 aliphatic rings. The molecule has 1 fully saturated rings. The minimum absolute atomic E-state index is 0.110. The van der Waals surface area contributed by atoms with Crippen molar-refractivity contribution in [2.75, 3.05) is 55.1 Å². The molecule has 2 N–H and O–H groups in total. The maximum Gasteiger partial charge on any atom is 0.354 e. The number of hydrogen-bond acceptors (Lipinski definition) is 9. The molecule has 10 nitrogen and oxygen atoms in total. The van der Waals surface area contributed by atoms with E-state index in [4.69, 9.17) is 4.74 Å². The van der Waals surface area contributed by atoms with Crippen LogP contribution in [0.5, 0.6) is 0 Å². The van der Waals surface area contributed by atoms with Gasteiger partial charge in [-0.15, -0.1) is 0 Å². The monoisotopic (exact) mass is 449 g/mol. The van der Waals surface area contributed by atoms with Crippen LogP contribution >= 0.6 is 0 Å². The maximum atomic E-state index is 12.0. The highest BCUT2D eigenvalue weighted by molar-refractivity contribution is 5.74. The van der Waals surface area contributed by atoms with Crippen molar-refractivity contribution in [1.29, 1.82) is 0 Å². The lowest BCUT2D eigenvalue weighted by molar-refractivity contribution is -0.383. The number of morpholine rings is 1. The van der Waals surface area contributed by atoms with Gasteiger partial charge in [-0.2, -0.15) is 0 Å². The molecule has 0 radical (unpaired) electrons. The van der Waals surface area contributed by atoms with E-state index in [-0.39, 0.29) is 17.3 Å². The highest BCUT2D eigenvalue weighted by atomic mass is 16.6. The van der Waals surface area contributed by atoms with Gasteiger partial charge in [0.2, 0.25) is 11.6 Å². The van der Waals surface area contributed by atoms with Crippen molar-refractivity contribution in [1.82, 2.24) is 14.9 Å². The number of nitro groups is 1. The van der Waals surface area contributed by atoms with Crippen molar-refractivity contribution in [2.45, 2.75) is 6.42 Å². The van der Waals surface area contributed by atoms with Gasteiger partial charge in [0.15, 0.2) is 0 Å². The van der Waals surface area contributed by atoms with Crippen molar-refractivity contribution in [3.05, 3.63) is 77.1 Å². The van der Waals surface area contributed by atoms with Crippen LogP contribution in [0.25, 0.3) is 0 Å². The van der Waals surface area contributed by atoms with Crippen molar-refractivity contribution in [2.24, 2.45) is 0 Å². The third-order valence-electron chi connectivity index (χ3n) is 5.30. The average molecular weight is 450 g/mol. The fourth-order valence-corrected chi connectivity index (χ4v) is 3.64. The molecule has 10 heteroatoms. The van der Waals surface area contributed by atoms with E-state index in [2.05, 4.69) is 25.6 Å². The Kier molecular flexibility index (Phi) is 7.62. The molecule has 0 unspecified atom stereocenters. The van der Waals surface area contributed by atoms with Gasteiger partial charge in [0.25, 0.3) is 0 Å². The van der Waals surface area contributed by atoms with Crippen molar-refractivity contribution in [3.8, 4) is 0 Å². The summed E-state index contributed by atoms with van der Waals surface area (Å²) in [6.07, 6.45) is 2.16. The number of hydrazine groups is 1. The number of para-hydroxylation sites is 2. The normalized spacial score (nSPS) is 13.9. The van der Waals surface area contributed by atoms with E-state index < -0.39 is 4.92 Å². The van der Waals surface area contributed by atoms with Crippen LogP contribution < -0.4 is 15.8 Å². The van der Waals surface area contributed by atoms with Crippen LogP contribution in [0.4, 0.5) is 28.7 Å². The van der Waals surface area contributed by atoms with Gasteiger partial charge in [0.1, 0.15) is 6.33 Å². The molecule has 2 aromatic carbocycles. The Morgan fingerprint density at radius 1 is 0.970 bits per heavy atom. The van der Waals surface area contributed by atoms with Gasteiger partial charge in [0.05, 0.1) is 29.5 Å². The molecule has 2 heterocycles. The molecule has 1 saturated heterocycles. The lowest BCUT2D eigenvalue weighted by Crippen LogP contribution is -2.37. The van der Waals surface area contributed by atoms with Crippen molar-refractivity contribution < 1.29 is 9.66 Å². The summed E-state index contributed by atoms with van der Waals surface area (Å²) in [5.41, 5.74) is 4.56. The van der Waals surface area contributed by atoms with E-state index in [0.717, 1.165) is 50.6 Å². The molecule has 0 saturated carbocycles. The van der Waals surface area contributed by atoms with Crippen LogP contribution in [0.1, 0.15) is 6.42 Å². The van der Waals surface area contributed by atoms with Gasteiger partial charge < -0.3 is 10.1 Å². The van der Waals surface area contributed by atoms with E-state index in [0.29, 0.717) is 6.54 Å². The molecular weight excluding hydrogens is 422 g/mol. The second-order valence-corrected chi connectivity index (χ2v) is 7.53. The number of nitrogens with one attached hydrogen (secondary N) is 2. The minimum Gasteiger partial charge on any atom is -0.379 e. The molecule has 0 amide bonds. The van der Waals surface area contributed by atoms with Crippen LogP contribution in [-0.4, -0.2) is 59.2 Å². The van der Waals surface area contributed by atoms with Gasteiger partial charge in [-0.25, -0.2) is 9.97 Å². The second-order valence-electron chi connectivity index (χ2n) is 7.53. The van der Waals surface area contributed by atoms with Gasteiger partial charge in [-0.05, 0) is 37.2 Å². The van der Waals surface area contributed by atoms with Gasteiger partial charge in [-0.3, -0.25) is 25.4 Å². The molecule has 0 aliphatic carbocycles. The Labute approximate surface area is 192 Å². The van der Waals surface area contributed by atoms with Gasteiger partial charge in [0, 0.05) is 19.6 Å². The SMILES string of the molecule is O=[N+]([O-])c1c(NCCCN2CCOCC2)ncnc1NN(c1ccccc1)c1ccccc1. The predicted molar refractivity (Wildman–Crippen MR) is 128 cm³/mol. The molecule has 4 rings (SSSR count). The molecule has 0 bridgehead atoms. The van der Waals surface area contributed by atoms with Crippen LogP contribution in [0, 0.1) is 10.1 Å². The van der Waals surface area contributed by atoms with Crippen molar-refractivity contribution >= 4 is 28.7 Å². The Morgan fingerprint density at radius 3 is 2.18 bits per heavy atom. The summed E-state index contributed by atoms with van der Waals surface area (Å²) in [5, 5.41) is 16.9. The molecular formula is C23H27N7O3. The standard InChI is InChI=1S/C23H27N7O3/c31-30(32)21-22(24-12-7-13-28-14-16-33-17-15-28)25-18-26-23(21)27-29(19-8-3-1-4-9-19)20-10-5-2-6-11-20/h1-6,8-11,18H,7,12-17H2,(H2,24,25,26,27). The Balaban J connectivity index is 1.52. The number of anilines is 4. The fraction of sp³-hybridized carbons (Fsp3) is 0.304. The number of ether oxygens (including phenoxy) is 1. The quantitative estimate of drug-likeness (QED) is 0.272. The van der Waals surface area contributed by atoms with Crippen LogP contribution in [0.3, 0.4) is 0 Å². The first-order valence-electron chi connectivity index (χ1n) is 10.9. The van der Waals surface area contributed by atoms with E-state index in [9.17, 15) is 10.1 Å². The first-order chi connectivity index (χ1) is 16.2. The smallest absolute Gasteiger partial charge is 0.354 e. The van der Waals surface area contributed by atoms with E-state index >= 15 is 0 Å². The summed E-state index contributed by atoms with van der Waals surface area (Å²) in [5.74, 6) is 0.305. The fourth-order valence-electron chi connectivity index (χ4n) is 3.64. The molecule has 3 aromatic rings. The van der Waals surface area contributed by atoms with Crippen molar-refractivity contribution in [3.63, 3.8) is 0 Å². The van der Waals surface area contributed by atoms with Gasteiger partial charge >= 0.3 is 5.69 Å². The van der Waals surface area contributed by atoms with E-state index in [1.54, 1.807) is 5.01 Å². The minimum atomic E-state index is -0.458. The summed E-state index contributed by atoms with van der Waals surface area (Å²) in [6.45, 7) is 4.79. The topological polar surface area (TPSA) is 109 Å². The number of nitrogens with zero attached hydrogens (tertiary/aromatic N) is 5. The Bertz CT molecular complexity index is 991. The Morgan fingerprint density at radius 2 is 1.58 bits per heavy atom. The Hall–Kier alpha value is -3.76. The van der Waals surface area contributed by atoms with Crippen LogP contribution in [0.2, 0.25) is 0 Å². The molecule has 0 spiro atoms. The average Bonchev–Trinajstić information content (AvgIpc) is 2.86. The lowest BCUT2D eigenvalue weighted by Gasteiger charge is -2.26. The van der Waals surface area contributed by atoms with E-state index in [1.807, 2.05) is 60.7 Å². The first-order valence-corrected chi connectivity index (χ1v) is 10.9. The predicted octanol–water partition coefficient (Wildman–Crippen LogP) is 3.68. The van der Waals surface area contributed by atoms with Crippen LogP contribution in [-0.2, 0) is 4.74 Å². The zero-order valence-electron chi connectivity index (χ0n) is 18.3. The third-order valence-corrected chi connectivity index (χ3v) is 5.30. The van der Waals surface area contributed by atoms with Crippen LogP contribution in [0.15, 0.2) is 67.0 Å². The number of benzene rings is 2. The highest BCUT2D eigenvalue weighted by Gasteiger charge is 2.25. The summed E-state index contributed by atoms with van der Waals surface area (Å²) in [4.78, 5) is 22.2. The van der Waals surface area contributed by atoms with E-state index in [1.165, 1.54) is 6.33 Å². The summed E-state index contributed by atoms with van der Waals surface area (Å²) in [7, 11) is 0. The molecule has 1 aliphatic heterocycles. The maximum absolute atomic E-state index is 12.0. The summed E-state index contributed by atoms with van der Waals surface area (Å²) in [6, 6.07) is 19.1. The largest absolute Gasteiger partial charge is 0.379 e. The summed E-state index contributed by atoms with van der Waals surface area (Å²) < 4.78 is 5.37. The number of hydrogen-bond donors (Lipinski definition) is 2. The third kappa shape index (κ3) is 5.93. The van der Waals surface area contributed by atoms with Gasteiger partial charge in [-0.1, -0.05) is 36.4 Å². The number of aromatic nitrogens is 2. The zero-order chi connectivity index (χ0) is 22.9. The first kappa shape index (κ1) is 22.4. The molecule has 33 heavy (non-hydrogen) atoms. The second kappa shape index (κ2) is 11.2.